The summed E-state index contributed by atoms with van der Waals surface area (Å²) < 4.78 is 0. The molecule has 0 aliphatic heterocycles. The van der Waals surface area contributed by atoms with Gasteiger partial charge in [0.2, 0.25) is 0 Å². The van der Waals surface area contributed by atoms with Crippen molar-refractivity contribution in [1.29, 1.82) is 0 Å². The van der Waals surface area contributed by atoms with Crippen molar-refractivity contribution in [3.63, 3.8) is 0 Å². The predicted molar refractivity (Wildman–Crippen MR) is 61.7 cm³/mol. The zero-order chi connectivity index (χ0) is 9.97. The molecule has 0 unspecified atom stereocenters. The highest BCUT2D eigenvalue weighted by molar-refractivity contribution is 9.09. The summed E-state index contributed by atoms with van der Waals surface area (Å²) in [4.78, 5) is 16.4. The van der Waals surface area contributed by atoms with Crippen molar-refractivity contribution in [1.82, 2.24) is 9.97 Å². The number of halogens is 1. The number of rotatable bonds is 2. The molecule has 0 radical (unpaired) electrons. The number of nitrogens with one attached hydrogen (secondary N) is 2. The summed E-state index contributed by atoms with van der Waals surface area (Å²) in [6.45, 7) is 0. The molecule has 2 aromatic rings. The van der Waals surface area contributed by atoms with E-state index in [1.807, 2.05) is 30.4 Å². The van der Waals surface area contributed by atoms with Crippen LogP contribution in [0.4, 0.5) is 0 Å². The van der Waals surface area contributed by atoms with Gasteiger partial charge in [0, 0.05) is 5.33 Å². The molecule has 0 aliphatic carbocycles. The van der Waals surface area contributed by atoms with E-state index < -0.39 is 0 Å². The first kappa shape index (κ1) is 9.27. The normalized spacial score (nSPS) is 11.5. The van der Waals surface area contributed by atoms with Crippen LogP contribution in [0.1, 0.15) is 5.56 Å². The lowest BCUT2D eigenvalue weighted by atomic mass is 10.2. The molecule has 0 atom stereocenters. The molecule has 0 saturated heterocycles. The molecule has 1 aromatic heterocycles. The first-order valence-electron chi connectivity index (χ1n) is 4.24. The van der Waals surface area contributed by atoms with Crippen LogP contribution in [0.5, 0.6) is 0 Å². The average molecular weight is 253 g/mol. The first-order chi connectivity index (χ1) is 6.79. The van der Waals surface area contributed by atoms with Crippen LogP contribution in [0.15, 0.2) is 29.1 Å². The number of hydrogen-bond donors (Lipinski definition) is 2. The van der Waals surface area contributed by atoms with Gasteiger partial charge < -0.3 is 9.97 Å². The molecular formula is C10H9BrN2O. The van der Waals surface area contributed by atoms with Crippen LogP contribution in [0, 0.1) is 0 Å². The SMILES string of the molecule is O=c1[nH]c2ccc(C=CCBr)cc2[nH]1. The van der Waals surface area contributed by atoms with Crippen LogP contribution < -0.4 is 5.69 Å². The molecule has 2 N–H and O–H groups in total. The predicted octanol–water partition coefficient (Wildman–Crippen LogP) is 2.26. The third kappa shape index (κ3) is 1.80. The van der Waals surface area contributed by atoms with Gasteiger partial charge in [0.15, 0.2) is 0 Å². The molecule has 72 valence electrons. The number of benzene rings is 1. The van der Waals surface area contributed by atoms with Crippen LogP contribution in [0.2, 0.25) is 0 Å². The summed E-state index contributed by atoms with van der Waals surface area (Å²) in [6.07, 6.45) is 4.01. The maximum Gasteiger partial charge on any atom is 0.323 e. The van der Waals surface area contributed by atoms with E-state index >= 15 is 0 Å². The van der Waals surface area contributed by atoms with E-state index in [0.717, 1.165) is 21.9 Å². The molecule has 1 aromatic carbocycles. The number of imidazole rings is 1. The van der Waals surface area contributed by atoms with Crippen LogP contribution >= 0.6 is 15.9 Å². The number of alkyl halides is 1. The number of hydrogen-bond acceptors (Lipinski definition) is 1. The van der Waals surface area contributed by atoms with Gasteiger partial charge in [0.05, 0.1) is 11.0 Å². The Bertz CT molecular complexity index is 524. The van der Waals surface area contributed by atoms with Crippen molar-refractivity contribution >= 4 is 33.0 Å². The number of allylic oxidation sites excluding steroid dienone is 1. The molecule has 0 aliphatic rings. The fourth-order valence-electron chi connectivity index (χ4n) is 1.33. The highest BCUT2D eigenvalue weighted by atomic mass is 79.9. The Labute approximate surface area is 89.0 Å². The number of fused-ring (bicyclic) bond motifs is 1. The van der Waals surface area contributed by atoms with Gasteiger partial charge in [-0.1, -0.05) is 34.1 Å². The Morgan fingerprint density at radius 1 is 1.29 bits per heavy atom. The van der Waals surface area contributed by atoms with Crippen molar-refractivity contribution in [3.05, 3.63) is 40.3 Å². The second kappa shape index (κ2) is 3.84. The third-order valence-electron chi connectivity index (χ3n) is 1.94. The van der Waals surface area contributed by atoms with Crippen molar-refractivity contribution in [2.45, 2.75) is 0 Å². The summed E-state index contributed by atoms with van der Waals surface area (Å²) in [5, 5.41) is 0.828. The van der Waals surface area contributed by atoms with Gasteiger partial charge in [0.25, 0.3) is 0 Å². The molecule has 1 heterocycles. The number of aromatic nitrogens is 2. The summed E-state index contributed by atoms with van der Waals surface area (Å²) in [6, 6.07) is 5.79. The lowest BCUT2D eigenvalue weighted by Crippen LogP contribution is -1.99. The van der Waals surface area contributed by atoms with Crippen molar-refractivity contribution in [2.75, 3.05) is 5.33 Å². The number of aromatic amines is 2. The maximum absolute atomic E-state index is 11.0. The summed E-state index contributed by atoms with van der Waals surface area (Å²) in [5.41, 5.74) is 2.59. The lowest BCUT2D eigenvalue weighted by Gasteiger charge is -1.92. The molecule has 0 saturated carbocycles. The van der Waals surface area contributed by atoms with Crippen molar-refractivity contribution in [3.8, 4) is 0 Å². The summed E-state index contributed by atoms with van der Waals surface area (Å²) in [5.74, 6) is 0. The molecule has 2 rings (SSSR count). The quantitative estimate of drug-likeness (QED) is 0.792. The largest absolute Gasteiger partial charge is 0.323 e. The molecule has 3 nitrogen and oxygen atoms in total. The Morgan fingerprint density at radius 2 is 2.07 bits per heavy atom. The van der Waals surface area contributed by atoms with E-state index in [0.29, 0.717) is 0 Å². The van der Waals surface area contributed by atoms with Gasteiger partial charge in [-0.15, -0.1) is 0 Å². The summed E-state index contributed by atoms with van der Waals surface area (Å²) in [7, 11) is 0. The third-order valence-corrected chi connectivity index (χ3v) is 2.31. The van der Waals surface area contributed by atoms with E-state index in [2.05, 4.69) is 25.9 Å². The minimum atomic E-state index is -0.165. The minimum absolute atomic E-state index is 0.165. The zero-order valence-corrected chi connectivity index (χ0v) is 8.97. The van der Waals surface area contributed by atoms with Crippen LogP contribution in [-0.4, -0.2) is 15.3 Å². The van der Waals surface area contributed by atoms with E-state index in [-0.39, 0.29) is 5.69 Å². The minimum Gasteiger partial charge on any atom is -0.306 e. The summed E-state index contributed by atoms with van der Waals surface area (Å²) >= 11 is 3.31. The van der Waals surface area contributed by atoms with E-state index in [4.69, 9.17) is 0 Å². The Kier molecular flexibility index (Phi) is 2.54. The molecule has 0 spiro atoms. The first-order valence-corrected chi connectivity index (χ1v) is 5.36. The van der Waals surface area contributed by atoms with E-state index in [1.165, 1.54) is 0 Å². The highest BCUT2D eigenvalue weighted by Crippen LogP contribution is 2.11. The van der Waals surface area contributed by atoms with Gasteiger partial charge in [0.1, 0.15) is 0 Å². The maximum atomic E-state index is 11.0. The van der Waals surface area contributed by atoms with Crippen molar-refractivity contribution < 1.29 is 0 Å². The smallest absolute Gasteiger partial charge is 0.306 e. The van der Waals surface area contributed by atoms with E-state index in [9.17, 15) is 4.79 Å². The topological polar surface area (TPSA) is 48.6 Å². The molecule has 0 amide bonds. The molecule has 4 heteroatoms. The molecule has 0 fully saturated rings. The Balaban J connectivity index is 2.50. The van der Waals surface area contributed by atoms with Gasteiger partial charge in [-0.3, -0.25) is 0 Å². The molecule has 14 heavy (non-hydrogen) atoms. The van der Waals surface area contributed by atoms with Gasteiger partial charge in [-0.2, -0.15) is 0 Å². The Morgan fingerprint density at radius 3 is 2.86 bits per heavy atom. The van der Waals surface area contributed by atoms with Crippen LogP contribution in [0.25, 0.3) is 17.1 Å². The second-order valence-corrected chi connectivity index (χ2v) is 3.59. The fraction of sp³-hybridized carbons (Fsp3) is 0.100. The van der Waals surface area contributed by atoms with Crippen LogP contribution in [-0.2, 0) is 0 Å². The van der Waals surface area contributed by atoms with Gasteiger partial charge in [-0.25, -0.2) is 4.79 Å². The number of H-pyrrole nitrogens is 2. The standard InChI is InChI=1S/C10H9BrN2O/c11-5-1-2-7-3-4-8-9(6-7)13-10(14)12-8/h1-4,6H,5H2,(H2,12,13,14). The molecular weight excluding hydrogens is 244 g/mol. The fourth-order valence-corrected chi connectivity index (χ4v) is 1.52. The molecule has 0 bridgehead atoms. The van der Waals surface area contributed by atoms with E-state index in [1.54, 1.807) is 0 Å². The average Bonchev–Trinajstić information content (AvgIpc) is 2.54. The zero-order valence-electron chi connectivity index (χ0n) is 7.38. The van der Waals surface area contributed by atoms with Crippen molar-refractivity contribution in [2.24, 2.45) is 0 Å². The van der Waals surface area contributed by atoms with Crippen LogP contribution in [0.3, 0.4) is 0 Å². The Hall–Kier alpha value is -1.29. The highest BCUT2D eigenvalue weighted by Gasteiger charge is 1.96. The second-order valence-electron chi connectivity index (χ2n) is 2.94. The monoisotopic (exact) mass is 252 g/mol. The van der Waals surface area contributed by atoms with Gasteiger partial charge >= 0.3 is 5.69 Å². The van der Waals surface area contributed by atoms with Gasteiger partial charge in [-0.05, 0) is 17.7 Å². The lowest BCUT2D eigenvalue weighted by molar-refractivity contribution is 1.21.